The summed E-state index contributed by atoms with van der Waals surface area (Å²) in [7, 11) is 0. The summed E-state index contributed by atoms with van der Waals surface area (Å²) in [5.41, 5.74) is 0.220. The summed E-state index contributed by atoms with van der Waals surface area (Å²) in [6.07, 6.45) is 0.417. The summed E-state index contributed by atoms with van der Waals surface area (Å²) in [6.45, 7) is 1.61. The van der Waals surface area contributed by atoms with Gasteiger partial charge in [-0.15, -0.1) is 11.3 Å². The first-order chi connectivity index (χ1) is 8.93. The highest BCUT2D eigenvalue weighted by Crippen LogP contribution is 2.32. The van der Waals surface area contributed by atoms with Crippen molar-refractivity contribution in [1.29, 1.82) is 0 Å². The summed E-state index contributed by atoms with van der Waals surface area (Å²) >= 11 is 12.8. The zero-order chi connectivity index (χ0) is 14.2. The molecule has 3 amide bonds. The Labute approximate surface area is 123 Å². The van der Waals surface area contributed by atoms with Crippen LogP contribution in [-0.4, -0.2) is 35.2 Å². The van der Waals surface area contributed by atoms with Gasteiger partial charge in [0.1, 0.15) is 16.9 Å². The second-order valence-electron chi connectivity index (χ2n) is 4.01. The molecule has 5 nitrogen and oxygen atoms in total. The number of nitrogens with one attached hydrogen (secondary N) is 1. The molecule has 0 radical (unpaired) electrons. The van der Waals surface area contributed by atoms with Crippen molar-refractivity contribution in [2.75, 3.05) is 6.54 Å². The predicted molar refractivity (Wildman–Crippen MR) is 72.6 cm³/mol. The Kier molecular flexibility index (Phi) is 4.13. The second-order valence-corrected chi connectivity index (χ2v) is 6.29. The average Bonchev–Trinajstić information content (AvgIpc) is 2.66. The number of rotatable bonds is 2. The van der Waals surface area contributed by atoms with Crippen LogP contribution in [0.2, 0.25) is 8.67 Å². The van der Waals surface area contributed by atoms with Crippen LogP contribution in [0.25, 0.3) is 0 Å². The predicted octanol–water partition coefficient (Wildman–Crippen LogP) is 1.93. The van der Waals surface area contributed by atoms with Crippen LogP contribution in [0.15, 0.2) is 6.07 Å². The summed E-state index contributed by atoms with van der Waals surface area (Å²) in [5.74, 6) is -1.42. The third-order valence-corrected chi connectivity index (χ3v) is 4.28. The van der Waals surface area contributed by atoms with Crippen molar-refractivity contribution in [1.82, 2.24) is 10.2 Å². The Morgan fingerprint density at radius 1 is 1.53 bits per heavy atom. The molecular formula is C11H10Cl2N2O3S. The molecule has 19 heavy (non-hydrogen) atoms. The van der Waals surface area contributed by atoms with Gasteiger partial charge >= 0.3 is 0 Å². The summed E-state index contributed by atoms with van der Waals surface area (Å²) < 4.78 is 0.637. The molecule has 1 N–H and O–H groups in total. The molecule has 1 aromatic rings. The smallest absolute Gasteiger partial charge is 0.257 e. The molecule has 1 atom stereocenters. The van der Waals surface area contributed by atoms with E-state index >= 15 is 0 Å². The molecular weight excluding hydrogens is 311 g/mol. The lowest BCUT2D eigenvalue weighted by molar-refractivity contribution is -0.138. The molecule has 1 aliphatic rings. The molecule has 0 aromatic carbocycles. The lowest BCUT2D eigenvalue weighted by atomic mass is 10.1. The van der Waals surface area contributed by atoms with Crippen LogP contribution in [-0.2, 0) is 9.59 Å². The molecule has 1 aromatic heterocycles. The van der Waals surface area contributed by atoms with Crippen molar-refractivity contribution in [2.45, 2.75) is 19.4 Å². The maximum absolute atomic E-state index is 12.4. The van der Waals surface area contributed by atoms with Gasteiger partial charge in [-0.3, -0.25) is 19.7 Å². The highest BCUT2D eigenvalue weighted by Gasteiger charge is 2.36. The van der Waals surface area contributed by atoms with Gasteiger partial charge in [0, 0.05) is 0 Å². The van der Waals surface area contributed by atoms with Crippen molar-refractivity contribution < 1.29 is 14.4 Å². The van der Waals surface area contributed by atoms with Crippen LogP contribution in [0.3, 0.4) is 0 Å². The highest BCUT2D eigenvalue weighted by atomic mass is 35.5. The van der Waals surface area contributed by atoms with E-state index in [0.717, 1.165) is 11.3 Å². The maximum atomic E-state index is 12.4. The van der Waals surface area contributed by atoms with E-state index in [1.54, 1.807) is 6.92 Å². The minimum atomic E-state index is -0.667. The minimum Gasteiger partial charge on any atom is -0.317 e. The number of thiophene rings is 1. The van der Waals surface area contributed by atoms with Gasteiger partial charge in [0.05, 0.1) is 9.90 Å². The Bertz CT molecular complexity index is 558. The number of imide groups is 1. The van der Waals surface area contributed by atoms with Crippen molar-refractivity contribution in [3.05, 3.63) is 20.3 Å². The van der Waals surface area contributed by atoms with E-state index in [1.165, 1.54) is 11.0 Å². The zero-order valence-electron chi connectivity index (χ0n) is 9.91. The molecule has 1 aliphatic heterocycles. The number of nitrogens with zero attached hydrogens (tertiary/aromatic N) is 1. The van der Waals surface area contributed by atoms with Crippen LogP contribution in [0.4, 0.5) is 0 Å². The van der Waals surface area contributed by atoms with Crippen LogP contribution in [0.5, 0.6) is 0 Å². The van der Waals surface area contributed by atoms with Crippen LogP contribution in [0.1, 0.15) is 23.7 Å². The standard InChI is InChI=1S/C11H10Cl2N2O3S/c1-2-6-10(17)14-8(16)4-15(6)11(18)5-3-7(12)19-9(5)13/h3,6H,2,4H2,1H3,(H,14,16,17). The van der Waals surface area contributed by atoms with Crippen LogP contribution >= 0.6 is 34.5 Å². The highest BCUT2D eigenvalue weighted by molar-refractivity contribution is 7.20. The number of carbonyl (C=O) groups is 3. The van der Waals surface area contributed by atoms with Crippen LogP contribution in [0, 0.1) is 0 Å². The summed E-state index contributed by atoms with van der Waals surface area (Å²) in [5, 5.41) is 2.21. The van der Waals surface area contributed by atoms with Gasteiger partial charge < -0.3 is 4.90 Å². The van der Waals surface area contributed by atoms with E-state index in [4.69, 9.17) is 23.2 Å². The Balaban J connectivity index is 2.32. The molecule has 102 valence electrons. The zero-order valence-corrected chi connectivity index (χ0v) is 12.2. The lowest BCUT2D eigenvalue weighted by Crippen LogP contribution is -2.59. The summed E-state index contributed by atoms with van der Waals surface area (Å²) in [4.78, 5) is 36.7. The van der Waals surface area contributed by atoms with Gasteiger partial charge in [-0.25, -0.2) is 0 Å². The van der Waals surface area contributed by atoms with Crippen LogP contribution < -0.4 is 5.32 Å². The van der Waals surface area contributed by atoms with Crippen molar-refractivity contribution in [3.8, 4) is 0 Å². The van der Waals surface area contributed by atoms with Gasteiger partial charge in [-0.05, 0) is 12.5 Å². The fourth-order valence-corrected chi connectivity index (χ4v) is 3.37. The van der Waals surface area contributed by atoms with Gasteiger partial charge in [-0.1, -0.05) is 30.1 Å². The molecule has 8 heteroatoms. The van der Waals surface area contributed by atoms with E-state index in [1.807, 2.05) is 0 Å². The first kappa shape index (κ1) is 14.3. The molecule has 0 saturated carbocycles. The second kappa shape index (κ2) is 5.48. The Hall–Kier alpha value is -1.11. The fourth-order valence-electron chi connectivity index (χ4n) is 1.93. The molecule has 2 heterocycles. The van der Waals surface area contributed by atoms with Gasteiger partial charge in [0.2, 0.25) is 11.8 Å². The third-order valence-electron chi connectivity index (χ3n) is 2.79. The SMILES string of the molecule is CCC1C(=O)NC(=O)CN1C(=O)c1cc(Cl)sc1Cl. The lowest BCUT2D eigenvalue weighted by Gasteiger charge is -2.33. The number of hydrogen-bond donors (Lipinski definition) is 1. The van der Waals surface area contributed by atoms with Crippen molar-refractivity contribution in [2.24, 2.45) is 0 Å². The fraction of sp³-hybridized carbons (Fsp3) is 0.364. The Morgan fingerprint density at radius 2 is 2.21 bits per heavy atom. The number of halogens is 2. The third kappa shape index (κ3) is 2.75. The first-order valence-corrected chi connectivity index (χ1v) is 7.10. The number of hydrogen-bond acceptors (Lipinski definition) is 4. The van der Waals surface area contributed by atoms with Crippen molar-refractivity contribution >= 4 is 52.3 Å². The van der Waals surface area contributed by atoms with Gasteiger partial charge in [0.15, 0.2) is 0 Å². The molecule has 2 rings (SSSR count). The molecule has 0 bridgehead atoms. The van der Waals surface area contributed by atoms with E-state index in [-0.39, 0.29) is 16.4 Å². The van der Waals surface area contributed by atoms with E-state index in [9.17, 15) is 14.4 Å². The van der Waals surface area contributed by atoms with Gasteiger partial charge in [-0.2, -0.15) is 0 Å². The van der Waals surface area contributed by atoms with E-state index < -0.39 is 23.8 Å². The topological polar surface area (TPSA) is 66.5 Å². The van der Waals surface area contributed by atoms with E-state index in [0.29, 0.717) is 10.8 Å². The summed E-state index contributed by atoms with van der Waals surface area (Å²) in [6, 6.07) is 0.778. The number of amides is 3. The largest absolute Gasteiger partial charge is 0.317 e. The average molecular weight is 321 g/mol. The number of piperazine rings is 1. The number of carbonyl (C=O) groups excluding carboxylic acids is 3. The molecule has 1 saturated heterocycles. The molecule has 1 fully saturated rings. The molecule has 0 spiro atoms. The van der Waals surface area contributed by atoms with Crippen molar-refractivity contribution in [3.63, 3.8) is 0 Å². The monoisotopic (exact) mass is 320 g/mol. The van der Waals surface area contributed by atoms with Gasteiger partial charge in [0.25, 0.3) is 5.91 Å². The van der Waals surface area contributed by atoms with E-state index in [2.05, 4.69) is 5.32 Å². The molecule has 1 unspecified atom stereocenters. The Morgan fingerprint density at radius 3 is 2.74 bits per heavy atom. The maximum Gasteiger partial charge on any atom is 0.257 e. The molecule has 0 aliphatic carbocycles. The minimum absolute atomic E-state index is 0.160. The normalized spacial score (nSPS) is 19.5. The quantitative estimate of drug-likeness (QED) is 0.847. The first-order valence-electron chi connectivity index (χ1n) is 5.53.